The van der Waals surface area contributed by atoms with Crippen molar-refractivity contribution in [1.82, 2.24) is 10.3 Å². The first-order chi connectivity index (χ1) is 14.8. The zero-order chi connectivity index (χ0) is 20.6. The number of morpholine rings is 1. The first kappa shape index (κ1) is 19.9. The molecule has 1 aromatic heterocycles. The number of amides is 1. The van der Waals surface area contributed by atoms with Crippen LogP contribution in [-0.2, 0) is 17.9 Å². The summed E-state index contributed by atoms with van der Waals surface area (Å²) in [6.45, 7) is 4.22. The number of hydrogen-bond acceptors (Lipinski definition) is 5. The van der Waals surface area contributed by atoms with E-state index < -0.39 is 0 Å². The third-order valence-electron chi connectivity index (χ3n) is 4.99. The number of carbonyl (C=O) groups excluding carboxylic acids is 1. The van der Waals surface area contributed by atoms with Crippen LogP contribution in [0.1, 0.15) is 21.5 Å². The molecule has 3 aromatic rings. The molecule has 0 atom stereocenters. The van der Waals surface area contributed by atoms with Crippen molar-refractivity contribution in [3.8, 4) is 5.88 Å². The molecular weight excluding hydrogens is 378 g/mol. The number of anilines is 1. The minimum absolute atomic E-state index is 0.154. The zero-order valence-electron chi connectivity index (χ0n) is 16.8. The van der Waals surface area contributed by atoms with Gasteiger partial charge in [0.25, 0.3) is 5.91 Å². The van der Waals surface area contributed by atoms with Crippen LogP contribution in [0.5, 0.6) is 5.88 Å². The zero-order valence-corrected chi connectivity index (χ0v) is 16.8. The monoisotopic (exact) mass is 403 g/mol. The summed E-state index contributed by atoms with van der Waals surface area (Å²) < 4.78 is 11.1. The molecule has 0 spiro atoms. The summed E-state index contributed by atoms with van der Waals surface area (Å²) in [7, 11) is 0. The average molecular weight is 403 g/mol. The predicted molar refractivity (Wildman–Crippen MR) is 116 cm³/mol. The number of hydrogen-bond donors (Lipinski definition) is 1. The molecule has 1 aliphatic rings. The lowest BCUT2D eigenvalue weighted by Crippen LogP contribution is -2.36. The fourth-order valence-corrected chi connectivity index (χ4v) is 3.29. The van der Waals surface area contributed by atoms with Crippen LogP contribution in [0.25, 0.3) is 0 Å². The third-order valence-corrected chi connectivity index (χ3v) is 4.99. The molecule has 2 heterocycles. The van der Waals surface area contributed by atoms with Crippen molar-refractivity contribution >= 4 is 11.6 Å². The number of nitrogens with zero attached hydrogens (tertiary/aromatic N) is 2. The topological polar surface area (TPSA) is 63.7 Å². The summed E-state index contributed by atoms with van der Waals surface area (Å²) in [5.74, 6) is 0.278. The molecule has 0 bridgehead atoms. The Labute approximate surface area is 176 Å². The molecule has 1 fully saturated rings. The minimum Gasteiger partial charge on any atom is -0.473 e. The second-order valence-corrected chi connectivity index (χ2v) is 7.11. The standard InChI is InChI=1S/C24H25N3O3/c28-24(21-10-11-25-23(16-21)30-18-20-4-2-1-3-5-20)26-17-19-6-8-22(9-7-19)27-12-14-29-15-13-27/h1-11,16H,12-15,17-18H2,(H,26,28). The van der Waals surface area contributed by atoms with Gasteiger partial charge in [-0.2, -0.15) is 0 Å². The number of benzene rings is 2. The highest BCUT2D eigenvalue weighted by Gasteiger charge is 2.11. The number of aromatic nitrogens is 1. The van der Waals surface area contributed by atoms with E-state index in [2.05, 4.69) is 27.3 Å². The molecule has 6 heteroatoms. The van der Waals surface area contributed by atoms with Crippen molar-refractivity contribution in [3.63, 3.8) is 0 Å². The quantitative estimate of drug-likeness (QED) is 0.655. The van der Waals surface area contributed by atoms with Gasteiger partial charge in [-0.25, -0.2) is 4.98 Å². The van der Waals surface area contributed by atoms with E-state index in [9.17, 15) is 4.79 Å². The van der Waals surface area contributed by atoms with Crippen molar-refractivity contribution in [2.75, 3.05) is 31.2 Å². The molecule has 1 amide bonds. The maximum atomic E-state index is 12.5. The normalized spacial score (nSPS) is 13.7. The Bertz CT molecular complexity index is 955. The lowest BCUT2D eigenvalue weighted by molar-refractivity contribution is 0.0950. The van der Waals surface area contributed by atoms with Gasteiger partial charge in [0.1, 0.15) is 6.61 Å². The third kappa shape index (κ3) is 5.36. The largest absolute Gasteiger partial charge is 0.473 e. The van der Waals surface area contributed by atoms with Gasteiger partial charge in [-0.15, -0.1) is 0 Å². The van der Waals surface area contributed by atoms with Gasteiger partial charge in [0, 0.05) is 43.1 Å². The molecule has 2 aromatic carbocycles. The van der Waals surface area contributed by atoms with Crippen LogP contribution >= 0.6 is 0 Å². The smallest absolute Gasteiger partial charge is 0.251 e. The van der Waals surface area contributed by atoms with E-state index in [1.54, 1.807) is 18.3 Å². The second kappa shape index (κ2) is 9.89. The van der Waals surface area contributed by atoms with Crippen LogP contribution in [0, 0.1) is 0 Å². The Balaban J connectivity index is 1.30. The van der Waals surface area contributed by atoms with Crippen LogP contribution in [0.3, 0.4) is 0 Å². The highest BCUT2D eigenvalue weighted by Crippen LogP contribution is 2.17. The summed E-state index contributed by atoms with van der Waals surface area (Å²) in [6.07, 6.45) is 1.59. The number of rotatable bonds is 7. The maximum Gasteiger partial charge on any atom is 0.251 e. The van der Waals surface area contributed by atoms with E-state index >= 15 is 0 Å². The van der Waals surface area contributed by atoms with Gasteiger partial charge in [-0.3, -0.25) is 4.79 Å². The summed E-state index contributed by atoms with van der Waals surface area (Å²) in [5, 5.41) is 2.96. The highest BCUT2D eigenvalue weighted by atomic mass is 16.5. The molecule has 0 saturated carbocycles. The average Bonchev–Trinajstić information content (AvgIpc) is 2.83. The molecule has 154 valence electrons. The highest BCUT2D eigenvalue weighted by molar-refractivity contribution is 5.94. The van der Waals surface area contributed by atoms with Crippen molar-refractivity contribution in [1.29, 1.82) is 0 Å². The van der Waals surface area contributed by atoms with Gasteiger partial charge in [0.15, 0.2) is 0 Å². The molecule has 1 saturated heterocycles. The van der Waals surface area contributed by atoms with Gasteiger partial charge in [-0.05, 0) is 29.3 Å². The van der Waals surface area contributed by atoms with Crippen molar-refractivity contribution in [2.24, 2.45) is 0 Å². The van der Waals surface area contributed by atoms with E-state index in [0.717, 1.165) is 37.4 Å². The predicted octanol–water partition coefficient (Wildman–Crippen LogP) is 3.43. The molecule has 0 radical (unpaired) electrons. The number of ether oxygens (including phenoxy) is 2. The van der Waals surface area contributed by atoms with Gasteiger partial charge >= 0.3 is 0 Å². The van der Waals surface area contributed by atoms with Gasteiger partial charge in [0.2, 0.25) is 5.88 Å². The molecule has 0 unspecified atom stereocenters. The Kier molecular flexibility index (Phi) is 6.57. The van der Waals surface area contributed by atoms with Crippen molar-refractivity contribution in [3.05, 3.63) is 89.6 Å². The van der Waals surface area contributed by atoms with Gasteiger partial charge in [-0.1, -0.05) is 42.5 Å². The Morgan fingerprint density at radius 3 is 2.53 bits per heavy atom. The Morgan fingerprint density at radius 2 is 1.77 bits per heavy atom. The molecule has 4 rings (SSSR count). The Hall–Kier alpha value is -3.38. The number of pyridine rings is 1. The number of carbonyl (C=O) groups is 1. The maximum absolute atomic E-state index is 12.5. The van der Waals surface area contributed by atoms with E-state index in [4.69, 9.17) is 9.47 Å². The molecule has 0 aliphatic carbocycles. The molecule has 6 nitrogen and oxygen atoms in total. The lowest BCUT2D eigenvalue weighted by atomic mass is 10.1. The van der Waals surface area contributed by atoms with Crippen LogP contribution < -0.4 is 15.0 Å². The van der Waals surface area contributed by atoms with Crippen molar-refractivity contribution in [2.45, 2.75) is 13.2 Å². The molecule has 1 N–H and O–H groups in total. The Morgan fingerprint density at radius 1 is 1.00 bits per heavy atom. The van der Waals surface area contributed by atoms with E-state index in [0.29, 0.717) is 24.6 Å². The van der Waals surface area contributed by atoms with Gasteiger partial charge < -0.3 is 19.7 Å². The first-order valence-corrected chi connectivity index (χ1v) is 10.1. The van der Waals surface area contributed by atoms with Gasteiger partial charge in [0.05, 0.1) is 13.2 Å². The summed E-state index contributed by atoms with van der Waals surface area (Å²) in [5.41, 5.74) is 3.81. The van der Waals surface area contributed by atoms with Crippen LogP contribution in [-0.4, -0.2) is 37.2 Å². The molecule has 1 aliphatic heterocycles. The fourth-order valence-electron chi connectivity index (χ4n) is 3.29. The van der Waals surface area contributed by atoms with Crippen LogP contribution in [0.15, 0.2) is 72.9 Å². The van der Waals surface area contributed by atoms with Crippen LogP contribution in [0.2, 0.25) is 0 Å². The lowest BCUT2D eigenvalue weighted by Gasteiger charge is -2.28. The summed E-state index contributed by atoms with van der Waals surface area (Å²) >= 11 is 0. The fraction of sp³-hybridized carbons (Fsp3) is 0.250. The summed E-state index contributed by atoms with van der Waals surface area (Å²) in [6, 6.07) is 21.5. The SMILES string of the molecule is O=C(NCc1ccc(N2CCOCC2)cc1)c1ccnc(OCc2ccccc2)c1. The minimum atomic E-state index is -0.154. The molecule has 30 heavy (non-hydrogen) atoms. The van der Waals surface area contributed by atoms with Crippen LogP contribution in [0.4, 0.5) is 5.69 Å². The second-order valence-electron chi connectivity index (χ2n) is 7.11. The summed E-state index contributed by atoms with van der Waals surface area (Å²) in [4.78, 5) is 19.0. The van der Waals surface area contributed by atoms with E-state index in [-0.39, 0.29) is 5.91 Å². The first-order valence-electron chi connectivity index (χ1n) is 10.1. The van der Waals surface area contributed by atoms with Crippen molar-refractivity contribution < 1.29 is 14.3 Å². The van der Waals surface area contributed by atoms with E-state index in [1.165, 1.54) is 5.69 Å². The molecular formula is C24H25N3O3. The van der Waals surface area contributed by atoms with E-state index in [1.807, 2.05) is 42.5 Å². The number of nitrogens with one attached hydrogen (secondary N) is 1.